The standard InChI is InChI=1S/C19H18F2N2O3S/c1-9-11(3)27-19-17(9)18(25)22-15(23-19)6-7-16(24)26-10(2)13-8-12(20)4-5-14(13)21/h4-5,8,10H,6-7H2,1-3H3,(H,22,23,25). The first kappa shape index (κ1) is 19.2. The zero-order valence-corrected chi connectivity index (χ0v) is 15.9. The largest absolute Gasteiger partial charge is 0.458 e. The van der Waals surface area contributed by atoms with Crippen molar-refractivity contribution in [2.24, 2.45) is 0 Å². The van der Waals surface area contributed by atoms with Crippen LogP contribution in [0.3, 0.4) is 0 Å². The van der Waals surface area contributed by atoms with Crippen LogP contribution in [0, 0.1) is 25.5 Å². The molecule has 0 aliphatic rings. The van der Waals surface area contributed by atoms with Gasteiger partial charge in [-0.3, -0.25) is 9.59 Å². The summed E-state index contributed by atoms with van der Waals surface area (Å²) in [5.74, 6) is -1.45. The molecular formula is C19H18F2N2O3S. The van der Waals surface area contributed by atoms with Gasteiger partial charge in [0, 0.05) is 16.9 Å². The number of benzene rings is 1. The zero-order chi connectivity index (χ0) is 19.7. The number of ether oxygens (including phenoxy) is 1. The number of carbonyl (C=O) groups excluding carboxylic acids is 1. The first-order chi connectivity index (χ1) is 12.8. The van der Waals surface area contributed by atoms with Gasteiger partial charge in [-0.2, -0.15) is 0 Å². The number of nitrogens with zero attached hydrogens (tertiary/aromatic N) is 1. The SMILES string of the molecule is Cc1sc2nc(CCC(=O)OC(C)c3cc(F)ccc3F)[nH]c(=O)c2c1C. The summed E-state index contributed by atoms with van der Waals surface area (Å²) in [5.41, 5.74) is 0.641. The third kappa shape index (κ3) is 4.05. The number of esters is 1. The van der Waals surface area contributed by atoms with Crippen molar-refractivity contribution in [2.75, 3.05) is 0 Å². The maximum absolute atomic E-state index is 13.7. The zero-order valence-electron chi connectivity index (χ0n) is 15.1. The summed E-state index contributed by atoms with van der Waals surface area (Å²) >= 11 is 1.43. The molecule has 0 aliphatic carbocycles. The molecule has 0 radical (unpaired) electrons. The highest BCUT2D eigenvalue weighted by Crippen LogP contribution is 2.26. The van der Waals surface area contributed by atoms with Crippen LogP contribution in [0.2, 0.25) is 0 Å². The number of halogens is 2. The van der Waals surface area contributed by atoms with Gasteiger partial charge in [-0.1, -0.05) is 0 Å². The van der Waals surface area contributed by atoms with Crippen LogP contribution in [0.25, 0.3) is 10.2 Å². The highest BCUT2D eigenvalue weighted by atomic mass is 32.1. The highest BCUT2D eigenvalue weighted by Gasteiger charge is 2.17. The van der Waals surface area contributed by atoms with Crippen molar-refractivity contribution < 1.29 is 18.3 Å². The van der Waals surface area contributed by atoms with Crippen LogP contribution in [0.5, 0.6) is 0 Å². The Balaban J connectivity index is 1.68. The van der Waals surface area contributed by atoms with Gasteiger partial charge >= 0.3 is 5.97 Å². The van der Waals surface area contributed by atoms with Gasteiger partial charge in [0.05, 0.1) is 11.8 Å². The Bertz CT molecular complexity index is 1070. The molecule has 0 amide bonds. The van der Waals surface area contributed by atoms with Gasteiger partial charge in [-0.25, -0.2) is 13.8 Å². The number of carbonyl (C=O) groups is 1. The number of nitrogens with one attached hydrogen (secondary N) is 1. The van der Waals surface area contributed by atoms with E-state index in [4.69, 9.17) is 4.74 Å². The Morgan fingerprint density at radius 3 is 2.81 bits per heavy atom. The molecule has 2 heterocycles. The molecule has 1 N–H and O–H groups in total. The van der Waals surface area contributed by atoms with E-state index in [1.807, 2.05) is 13.8 Å². The lowest BCUT2D eigenvalue weighted by Crippen LogP contribution is -2.15. The summed E-state index contributed by atoms with van der Waals surface area (Å²) in [6.45, 7) is 5.26. The summed E-state index contributed by atoms with van der Waals surface area (Å²) < 4.78 is 32.2. The second-order valence-corrected chi connectivity index (χ2v) is 7.48. The van der Waals surface area contributed by atoms with Crippen molar-refractivity contribution in [1.82, 2.24) is 9.97 Å². The van der Waals surface area contributed by atoms with Crippen molar-refractivity contribution >= 4 is 27.5 Å². The van der Waals surface area contributed by atoms with Gasteiger partial charge in [0.25, 0.3) is 5.56 Å². The molecule has 0 aliphatic heterocycles. The molecule has 0 bridgehead atoms. The van der Waals surface area contributed by atoms with Crippen LogP contribution >= 0.6 is 11.3 Å². The lowest BCUT2D eigenvalue weighted by Gasteiger charge is -2.14. The number of rotatable bonds is 5. The third-order valence-corrected chi connectivity index (χ3v) is 5.46. The van der Waals surface area contributed by atoms with Crippen LogP contribution in [0.4, 0.5) is 8.78 Å². The quantitative estimate of drug-likeness (QED) is 0.663. The fraction of sp³-hybridized carbons (Fsp3) is 0.316. The van der Waals surface area contributed by atoms with E-state index in [9.17, 15) is 18.4 Å². The normalized spacial score (nSPS) is 12.3. The Kier molecular flexibility index (Phi) is 5.36. The molecule has 142 valence electrons. The van der Waals surface area contributed by atoms with Gasteiger partial charge in [0.2, 0.25) is 0 Å². The first-order valence-corrected chi connectivity index (χ1v) is 9.21. The minimum atomic E-state index is -0.926. The van der Waals surface area contributed by atoms with Crippen LogP contribution in [-0.2, 0) is 16.0 Å². The van der Waals surface area contributed by atoms with Gasteiger partial charge in [-0.05, 0) is 44.5 Å². The van der Waals surface area contributed by atoms with E-state index in [0.717, 1.165) is 28.6 Å². The number of hydrogen-bond acceptors (Lipinski definition) is 5. The van der Waals surface area contributed by atoms with Crippen molar-refractivity contribution in [3.8, 4) is 0 Å². The number of fused-ring (bicyclic) bond motifs is 1. The fourth-order valence-electron chi connectivity index (χ4n) is 2.78. The summed E-state index contributed by atoms with van der Waals surface area (Å²) in [6, 6.07) is 2.99. The molecule has 8 heteroatoms. The number of H-pyrrole nitrogens is 1. The predicted molar refractivity (Wildman–Crippen MR) is 98.9 cm³/mol. The molecule has 0 spiro atoms. The second kappa shape index (κ2) is 7.56. The Morgan fingerprint density at radius 2 is 2.07 bits per heavy atom. The molecule has 0 fully saturated rings. The molecule has 5 nitrogen and oxygen atoms in total. The maximum atomic E-state index is 13.7. The average molecular weight is 392 g/mol. The molecule has 3 aromatic rings. The van der Waals surface area contributed by atoms with Crippen LogP contribution in [0.1, 0.15) is 41.3 Å². The van der Waals surface area contributed by atoms with Crippen molar-refractivity contribution in [3.63, 3.8) is 0 Å². The predicted octanol–water partition coefficient (Wildman–Crippen LogP) is 4.12. The van der Waals surface area contributed by atoms with E-state index < -0.39 is 23.7 Å². The molecule has 1 aromatic carbocycles. The summed E-state index contributed by atoms with van der Waals surface area (Å²) in [6.07, 6.45) is -0.789. The first-order valence-electron chi connectivity index (χ1n) is 8.39. The number of aromatic amines is 1. The molecule has 2 aromatic heterocycles. The second-order valence-electron chi connectivity index (χ2n) is 6.27. The van der Waals surface area contributed by atoms with E-state index in [0.29, 0.717) is 16.0 Å². The molecule has 0 saturated carbocycles. The van der Waals surface area contributed by atoms with Crippen LogP contribution in [0.15, 0.2) is 23.0 Å². The number of thiophene rings is 1. The Morgan fingerprint density at radius 1 is 1.33 bits per heavy atom. The van der Waals surface area contributed by atoms with E-state index in [-0.39, 0.29) is 24.0 Å². The van der Waals surface area contributed by atoms with E-state index in [1.165, 1.54) is 18.3 Å². The van der Waals surface area contributed by atoms with Crippen molar-refractivity contribution in [1.29, 1.82) is 0 Å². The topological polar surface area (TPSA) is 72.0 Å². The lowest BCUT2D eigenvalue weighted by molar-refractivity contribution is -0.148. The molecule has 3 rings (SSSR count). The van der Waals surface area contributed by atoms with Gasteiger partial charge in [0.15, 0.2) is 0 Å². The number of aryl methyl sites for hydroxylation is 3. The minimum Gasteiger partial charge on any atom is -0.458 e. The smallest absolute Gasteiger partial charge is 0.306 e. The number of aromatic nitrogens is 2. The molecular weight excluding hydrogens is 374 g/mol. The van der Waals surface area contributed by atoms with E-state index >= 15 is 0 Å². The van der Waals surface area contributed by atoms with Crippen LogP contribution in [-0.4, -0.2) is 15.9 Å². The third-order valence-electron chi connectivity index (χ3n) is 4.36. The molecule has 0 saturated heterocycles. The maximum Gasteiger partial charge on any atom is 0.306 e. The Hall–Kier alpha value is -2.61. The molecule has 1 atom stereocenters. The molecule has 27 heavy (non-hydrogen) atoms. The summed E-state index contributed by atoms with van der Waals surface area (Å²) in [5, 5.41) is 0.569. The minimum absolute atomic E-state index is 0.0270. The van der Waals surface area contributed by atoms with Crippen molar-refractivity contribution in [2.45, 2.75) is 39.7 Å². The fourth-order valence-corrected chi connectivity index (χ4v) is 3.83. The average Bonchev–Trinajstić information content (AvgIpc) is 2.89. The van der Waals surface area contributed by atoms with Gasteiger partial charge in [-0.15, -0.1) is 11.3 Å². The van der Waals surface area contributed by atoms with E-state index in [2.05, 4.69) is 9.97 Å². The molecule has 1 unspecified atom stereocenters. The monoisotopic (exact) mass is 392 g/mol. The van der Waals surface area contributed by atoms with E-state index in [1.54, 1.807) is 0 Å². The number of hydrogen-bond donors (Lipinski definition) is 1. The Labute approximate surface area is 158 Å². The van der Waals surface area contributed by atoms with Crippen LogP contribution < -0.4 is 5.56 Å². The van der Waals surface area contributed by atoms with Gasteiger partial charge < -0.3 is 9.72 Å². The summed E-state index contributed by atoms with van der Waals surface area (Å²) in [4.78, 5) is 33.0. The summed E-state index contributed by atoms with van der Waals surface area (Å²) in [7, 11) is 0. The van der Waals surface area contributed by atoms with Crippen molar-refractivity contribution in [3.05, 3.63) is 62.0 Å². The lowest BCUT2D eigenvalue weighted by atomic mass is 10.1. The van der Waals surface area contributed by atoms with Gasteiger partial charge in [0.1, 0.15) is 28.4 Å². The highest BCUT2D eigenvalue weighted by molar-refractivity contribution is 7.18.